The summed E-state index contributed by atoms with van der Waals surface area (Å²) < 4.78 is 0. The molecule has 2 aromatic carbocycles. The van der Waals surface area contributed by atoms with Crippen LogP contribution in [0.3, 0.4) is 0 Å². The molecule has 0 saturated heterocycles. The van der Waals surface area contributed by atoms with E-state index in [0.717, 1.165) is 10.6 Å². The minimum atomic E-state index is 1.09. The first kappa shape index (κ1) is 9.94. The van der Waals surface area contributed by atoms with Gasteiger partial charge in [-0.2, -0.15) is 0 Å². The Kier molecular flexibility index (Phi) is 3.04. The summed E-state index contributed by atoms with van der Waals surface area (Å²) in [5.74, 6) is 1.09. The number of hydrogen-bond acceptors (Lipinski definition) is 2. The second-order valence-corrected chi connectivity index (χ2v) is 4.82. The van der Waals surface area contributed by atoms with Gasteiger partial charge in [0.1, 0.15) is 0 Å². The maximum atomic E-state index is 4.58. The Morgan fingerprint density at radius 1 is 1.14 bits per heavy atom. The molecule has 0 atom stereocenters. The van der Waals surface area contributed by atoms with Crippen LogP contribution >= 0.6 is 24.4 Å². The molecule has 0 heterocycles. The molecule has 2 aromatic rings. The number of hydrogen-bond donors (Lipinski definition) is 1. The third-order valence-corrected chi connectivity index (χ3v) is 3.74. The first-order valence-corrected chi connectivity index (χ1v) is 6.09. The minimum Gasteiger partial charge on any atom is -0.142 e. The van der Waals surface area contributed by atoms with Gasteiger partial charge in [-0.15, -0.1) is 24.4 Å². The van der Waals surface area contributed by atoms with E-state index in [2.05, 4.69) is 56.0 Å². The highest BCUT2D eigenvalue weighted by Gasteiger charge is 2.02. The molecule has 0 nitrogen and oxygen atoms in total. The van der Waals surface area contributed by atoms with E-state index < -0.39 is 0 Å². The molecule has 0 N–H and O–H groups in total. The van der Waals surface area contributed by atoms with E-state index in [1.807, 2.05) is 11.8 Å². The van der Waals surface area contributed by atoms with Gasteiger partial charge < -0.3 is 0 Å². The van der Waals surface area contributed by atoms with Gasteiger partial charge in [-0.1, -0.05) is 37.3 Å². The van der Waals surface area contributed by atoms with Gasteiger partial charge >= 0.3 is 0 Å². The fraction of sp³-hybridized carbons (Fsp3) is 0.167. The van der Waals surface area contributed by atoms with Gasteiger partial charge in [0.05, 0.1) is 0 Å². The lowest BCUT2D eigenvalue weighted by molar-refractivity contribution is 1.30. The van der Waals surface area contributed by atoms with Crippen LogP contribution in [-0.2, 0) is 0 Å². The lowest BCUT2D eigenvalue weighted by Gasteiger charge is -2.06. The normalized spacial score (nSPS) is 10.7. The molecule has 0 fully saturated rings. The molecular weight excluding hydrogens is 208 g/mol. The van der Waals surface area contributed by atoms with Crippen LogP contribution in [0.2, 0.25) is 0 Å². The molecule has 0 aliphatic carbocycles. The van der Waals surface area contributed by atoms with Gasteiger partial charge in [0, 0.05) is 9.79 Å². The van der Waals surface area contributed by atoms with Crippen molar-refractivity contribution in [1.29, 1.82) is 0 Å². The average Bonchev–Trinajstić information content (AvgIpc) is 2.23. The summed E-state index contributed by atoms with van der Waals surface area (Å²) in [6, 6.07) is 12.7. The highest BCUT2D eigenvalue weighted by Crippen LogP contribution is 2.31. The lowest BCUT2D eigenvalue weighted by Crippen LogP contribution is -1.80. The van der Waals surface area contributed by atoms with E-state index in [-0.39, 0.29) is 0 Å². The van der Waals surface area contributed by atoms with Crippen LogP contribution in [0.15, 0.2) is 46.2 Å². The van der Waals surface area contributed by atoms with Crippen LogP contribution in [0.5, 0.6) is 0 Å². The van der Waals surface area contributed by atoms with Crippen molar-refractivity contribution in [3.8, 4) is 0 Å². The number of rotatable bonds is 2. The van der Waals surface area contributed by atoms with E-state index in [4.69, 9.17) is 0 Å². The summed E-state index contributed by atoms with van der Waals surface area (Å²) in [5, 5.41) is 2.51. The fourth-order valence-corrected chi connectivity index (χ4v) is 2.70. The second-order valence-electron chi connectivity index (χ2n) is 3.07. The standard InChI is InChI=1S/C12H12S2/c1-2-14-11-8-7-9-5-3-4-6-10(9)12(11)13/h3-8,13H,2H2,1H3. The monoisotopic (exact) mass is 220 g/mol. The first-order chi connectivity index (χ1) is 6.83. The van der Waals surface area contributed by atoms with E-state index in [9.17, 15) is 0 Å². The molecule has 0 radical (unpaired) electrons. The molecule has 0 spiro atoms. The molecule has 72 valence electrons. The van der Waals surface area contributed by atoms with Crippen molar-refractivity contribution in [3.63, 3.8) is 0 Å². The van der Waals surface area contributed by atoms with E-state index in [0.29, 0.717) is 0 Å². The second kappa shape index (κ2) is 4.28. The van der Waals surface area contributed by atoms with Gasteiger partial charge in [0.15, 0.2) is 0 Å². The quantitative estimate of drug-likeness (QED) is 0.583. The molecule has 0 bridgehead atoms. The molecule has 0 aliphatic rings. The highest BCUT2D eigenvalue weighted by molar-refractivity contribution is 7.99. The van der Waals surface area contributed by atoms with Crippen molar-refractivity contribution in [2.75, 3.05) is 5.75 Å². The zero-order chi connectivity index (χ0) is 9.97. The summed E-state index contributed by atoms with van der Waals surface area (Å²) in [6.45, 7) is 2.16. The van der Waals surface area contributed by atoms with Crippen molar-refractivity contribution in [2.45, 2.75) is 16.7 Å². The zero-order valence-corrected chi connectivity index (χ0v) is 9.74. The van der Waals surface area contributed by atoms with Crippen LogP contribution in [-0.4, -0.2) is 5.75 Å². The highest BCUT2D eigenvalue weighted by atomic mass is 32.2. The van der Waals surface area contributed by atoms with Crippen molar-refractivity contribution in [1.82, 2.24) is 0 Å². The summed E-state index contributed by atoms with van der Waals surface area (Å²) in [7, 11) is 0. The molecule has 0 unspecified atom stereocenters. The summed E-state index contributed by atoms with van der Waals surface area (Å²) in [4.78, 5) is 2.38. The summed E-state index contributed by atoms with van der Waals surface area (Å²) in [5.41, 5.74) is 0. The third-order valence-electron chi connectivity index (χ3n) is 2.16. The molecule has 14 heavy (non-hydrogen) atoms. The van der Waals surface area contributed by atoms with Gasteiger partial charge in [-0.3, -0.25) is 0 Å². The van der Waals surface area contributed by atoms with E-state index >= 15 is 0 Å². The summed E-state index contributed by atoms with van der Waals surface area (Å²) >= 11 is 6.42. The molecule has 0 saturated carbocycles. The first-order valence-electron chi connectivity index (χ1n) is 4.66. The fourth-order valence-electron chi connectivity index (χ4n) is 1.51. The van der Waals surface area contributed by atoms with Crippen LogP contribution < -0.4 is 0 Å². The number of fused-ring (bicyclic) bond motifs is 1. The van der Waals surface area contributed by atoms with E-state index in [1.165, 1.54) is 15.7 Å². The van der Waals surface area contributed by atoms with Crippen LogP contribution in [0.1, 0.15) is 6.92 Å². The zero-order valence-electron chi connectivity index (χ0n) is 8.03. The Morgan fingerprint density at radius 3 is 2.71 bits per heavy atom. The van der Waals surface area contributed by atoms with Crippen molar-refractivity contribution >= 4 is 35.2 Å². The van der Waals surface area contributed by atoms with Crippen molar-refractivity contribution in [2.24, 2.45) is 0 Å². The Bertz CT molecular complexity index is 449. The number of benzene rings is 2. The van der Waals surface area contributed by atoms with Crippen LogP contribution in [0, 0.1) is 0 Å². The predicted molar refractivity (Wildman–Crippen MR) is 67.6 cm³/mol. The van der Waals surface area contributed by atoms with Crippen LogP contribution in [0.4, 0.5) is 0 Å². The number of thiol groups is 1. The Balaban J connectivity index is 2.63. The Morgan fingerprint density at radius 2 is 1.93 bits per heavy atom. The SMILES string of the molecule is CCSc1ccc2ccccc2c1S. The maximum absolute atomic E-state index is 4.58. The molecule has 0 amide bonds. The Hall–Kier alpha value is -0.600. The largest absolute Gasteiger partial charge is 0.142 e. The summed E-state index contributed by atoms with van der Waals surface area (Å²) in [6.07, 6.45) is 0. The molecule has 2 heteroatoms. The predicted octanol–water partition coefficient (Wildman–Crippen LogP) is 4.24. The maximum Gasteiger partial charge on any atom is 0.0255 e. The minimum absolute atomic E-state index is 1.09. The van der Waals surface area contributed by atoms with Gasteiger partial charge in [0.2, 0.25) is 0 Å². The van der Waals surface area contributed by atoms with Crippen molar-refractivity contribution in [3.05, 3.63) is 36.4 Å². The molecule has 0 aromatic heterocycles. The van der Waals surface area contributed by atoms with Crippen molar-refractivity contribution < 1.29 is 0 Å². The van der Waals surface area contributed by atoms with E-state index in [1.54, 1.807) is 0 Å². The molecular formula is C12H12S2. The lowest BCUT2D eigenvalue weighted by atomic mass is 10.1. The van der Waals surface area contributed by atoms with Crippen LogP contribution in [0.25, 0.3) is 10.8 Å². The van der Waals surface area contributed by atoms with Gasteiger partial charge in [-0.05, 0) is 22.6 Å². The molecule has 2 rings (SSSR count). The average molecular weight is 220 g/mol. The molecule has 0 aliphatic heterocycles. The Labute approximate surface area is 94.1 Å². The topological polar surface area (TPSA) is 0 Å². The number of thioether (sulfide) groups is 1. The van der Waals surface area contributed by atoms with Gasteiger partial charge in [-0.25, -0.2) is 0 Å². The third kappa shape index (κ3) is 1.77. The smallest absolute Gasteiger partial charge is 0.0255 e. The van der Waals surface area contributed by atoms with Gasteiger partial charge in [0.25, 0.3) is 0 Å².